The lowest BCUT2D eigenvalue weighted by Crippen LogP contribution is -2.34. The molecule has 1 aliphatic rings. The molecule has 0 amide bonds. The molecule has 1 aliphatic carbocycles. The Labute approximate surface area is 96.7 Å². The van der Waals surface area contributed by atoms with Crippen molar-refractivity contribution in [3.05, 3.63) is 0 Å². The van der Waals surface area contributed by atoms with Gasteiger partial charge in [-0.3, -0.25) is 0 Å². The van der Waals surface area contributed by atoms with E-state index in [2.05, 4.69) is 36.7 Å². The number of halogens is 1. The Morgan fingerprint density at radius 2 is 2.07 bits per heavy atom. The molecule has 1 rings (SSSR count). The molecule has 0 N–H and O–H groups in total. The van der Waals surface area contributed by atoms with Crippen LogP contribution in [0.15, 0.2) is 0 Å². The first kappa shape index (κ1) is 12.5. The van der Waals surface area contributed by atoms with Crippen molar-refractivity contribution in [2.45, 2.75) is 64.6 Å². The van der Waals surface area contributed by atoms with E-state index in [9.17, 15) is 0 Å². The average molecular weight is 263 g/mol. The molecule has 1 saturated carbocycles. The summed E-state index contributed by atoms with van der Waals surface area (Å²) in [6, 6.07) is 0. The van der Waals surface area contributed by atoms with E-state index in [1.54, 1.807) is 0 Å². The van der Waals surface area contributed by atoms with Crippen LogP contribution in [0.25, 0.3) is 0 Å². The van der Waals surface area contributed by atoms with Crippen molar-refractivity contribution in [2.24, 2.45) is 5.92 Å². The van der Waals surface area contributed by atoms with Gasteiger partial charge in [0.05, 0.1) is 11.7 Å². The second kappa shape index (κ2) is 5.50. The Hall–Kier alpha value is 0.440. The monoisotopic (exact) mass is 262 g/mol. The van der Waals surface area contributed by atoms with Crippen LogP contribution in [0, 0.1) is 5.92 Å². The molecule has 0 aromatic rings. The number of hydrogen-bond donors (Lipinski definition) is 0. The molecule has 84 valence electrons. The van der Waals surface area contributed by atoms with E-state index in [-0.39, 0.29) is 5.60 Å². The summed E-state index contributed by atoms with van der Waals surface area (Å²) in [7, 11) is 0. The molecule has 0 aromatic carbocycles. The van der Waals surface area contributed by atoms with Crippen molar-refractivity contribution < 1.29 is 4.74 Å². The fourth-order valence-corrected chi connectivity index (χ4v) is 2.33. The molecule has 0 saturated heterocycles. The lowest BCUT2D eigenvalue weighted by atomic mass is 9.85. The summed E-state index contributed by atoms with van der Waals surface area (Å²) in [5.74, 6) is 0.903. The van der Waals surface area contributed by atoms with Gasteiger partial charge in [0, 0.05) is 5.33 Å². The van der Waals surface area contributed by atoms with Gasteiger partial charge in [0.15, 0.2) is 0 Å². The van der Waals surface area contributed by atoms with Crippen molar-refractivity contribution >= 4 is 15.9 Å². The van der Waals surface area contributed by atoms with Gasteiger partial charge >= 0.3 is 0 Å². The lowest BCUT2D eigenvalue weighted by molar-refractivity contribution is -0.0782. The van der Waals surface area contributed by atoms with Gasteiger partial charge in [-0.25, -0.2) is 0 Å². The minimum absolute atomic E-state index is 0.000296. The van der Waals surface area contributed by atoms with Crippen LogP contribution in [-0.4, -0.2) is 17.0 Å². The van der Waals surface area contributed by atoms with Gasteiger partial charge in [-0.15, -0.1) is 0 Å². The fraction of sp³-hybridized carbons (Fsp3) is 1.00. The van der Waals surface area contributed by atoms with Gasteiger partial charge < -0.3 is 4.74 Å². The maximum absolute atomic E-state index is 6.11. The standard InChI is InChI=1S/C12H23BrO/c1-4-10-6-5-7-11(8-10)14-12(2,3)9-13/h10-11H,4-9H2,1-3H3. The van der Waals surface area contributed by atoms with Crippen molar-refractivity contribution in [1.82, 2.24) is 0 Å². The zero-order valence-electron chi connectivity index (χ0n) is 9.68. The smallest absolute Gasteiger partial charge is 0.0726 e. The largest absolute Gasteiger partial charge is 0.371 e. The molecule has 1 nitrogen and oxygen atoms in total. The normalized spacial score (nSPS) is 29.1. The highest BCUT2D eigenvalue weighted by atomic mass is 79.9. The van der Waals surface area contributed by atoms with Crippen molar-refractivity contribution in [2.75, 3.05) is 5.33 Å². The summed E-state index contributed by atoms with van der Waals surface area (Å²) < 4.78 is 6.11. The molecule has 0 aromatic heterocycles. The predicted molar refractivity (Wildman–Crippen MR) is 65.0 cm³/mol. The highest BCUT2D eigenvalue weighted by Crippen LogP contribution is 2.31. The van der Waals surface area contributed by atoms with Crippen LogP contribution in [0.1, 0.15) is 52.9 Å². The number of ether oxygens (including phenoxy) is 1. The van der Waals surface area contributed by atoms with E-state index in [0.717, 1.165) is 11.2 Å². The summed E-state index contributed by atoms with van der Waals surface area (Å²) in [6.45, 7) is 6.62. The van der Waals surface area contributed by atoms with Crippen molar-refractivity contribution in [1.29, 1.82) is 0 Å². The summed E-state index contributed by atoms with van der Waals surface area (Å²) >= 11 is 3.50. The van der Waals surface area contributed by atoms with Crippen LogP contribution in [-0.2, 0) is 4.74 Å². The molecule has 0 spiro atoms. The van der Waals surface area contributed by atoms with Crippen LogP contribution < -0.4 is 0 Å². The lowest BCUT2D eigenvalue weighted by Gasteiger charge is -2.34. The number of rotatable bonds is 4. The second-order valence-corrected chi connectivity index (χ2v) is 5.63. The Bertz CT molecular complexity index is 168. The van der Waals surface area contributed by atoms with Crippen molar-refractivity contribution in [3.8, 4) is 0 Å². The molecule has 14 heavy (non-hydrogen) atoms. The number of hydrogen-bond acceptors (Lipinski definition) is 1. The SMILES string of the molecule is CCC1CCCC(OC(C)(C)CBr)C1. The van der Waals surface area contributed by atoms with E-state index < -0.39 is 0 Å². The third-order valence-electron chi connectivity index (χ3n) is 3.12. The minimum Gasteiger partial charge on any atom is -0.371 e. The fourth-order valence-electron chi connectivity index (χ4n) is 2.20. The second-order valence-electron chi connectivity index (χ2n) is 5.07. The van der Waals surface area contributed by atoms with Crippen molar-refractivity contribution in [3.63, 3.8) is 0 Å². The van der Waals surface area contributed by atoms with E-state index in [1.807, 2.05) is 0 Å². The maximum Gasteiger partial charge on any atom is 0.0726 e. The van der Waals surface area contributed by atoms with Gasteiger partial charge in [-0.05, 0) is 32.6 Å². The summed E-state index contributed by atoms with van der Waals surface area (Å²) in [4.78, 5) is 0. The molecular weight excluding hydrogens is 240 g/mol. The Kier molecular flexibility index (Phi) is 4.92. The quantitative estimate of drug-likeness (QED) is 0.692. The maximum atomic E-state index is 6.11. The zero-order chi connectivity index (χ0) is 10.6. The Morgan fingerprint density at radius 3 is 2.64 bits per heavy atom. The number of alkyl halides is 1. The molecule has 2 atom stereocenters. The van der Waals surface area contributed by atoms with Gasteiger partial charge in [-0.2, -0.15) is 0 Å². The van der Waals surface area contributed by atoms with E-state index in [0.29, 0.717) is 6.10 Å². The van der Waals surface area contributed by atoms with Gasteiger partial charge in [-0.1, -0.05) is 42.1 Å². The summed E-state index contributed by atoms with van der Waals surface area (Å²) in [5.41, 5.74) is 0.000296. The summed E-state index contributed by atoms with van der Waals surface area (Å²) in [6.07, 6.45) is 7.10. The Morgan fingerprint density at radius 1 is 1.36 bits per heavy atom. The highest BCUT2D eigenvalue weighted by molar-refractivity contribution is 9.09. The molecule has 2 heteroatoms. The van der Waals surface area contributed by atoms with Crippen LogP contribution in [0.3, 0.4) is 0 Å². The Balaban J connectivity index is 2.37. The van der Waals surface area contributed by atoms with Crippen LogP contribution >= 0.6 is 15.9 Å². The average Bonchev–Trinajstić information content (AvgIpc) is 2.17. The van der Waals surface area contributed by atoms with E-state index in [4.69, 9.17) is 4.74 Å². The first-order chi connectivity index (χ1) is 6.57. The molecule has 0 heterocycles. The topological polar surface area (TPSA) is 9.23 Å². The molecule has 0 radical (unpaired) electrons. The van der Waals surface area contributed by atoms with Gasteiger partial charge in [0.1, 0.15) is 0 Å². The van der Waals surface area contributed by atoms with Gasteiger partial charge in [0.25, 0.3) is 0 Å². The first-order valence-corrected chi connectivity index (χ1v) is 6.93. The minimum atomic E-state index is 0.000296. The van der Waals surface area contributed by atoms with Gasteiger partial charge in [0.2, 0.25) is 0 Å². The van der Waals surface area contributed by atoms with Crippen LogP contribution in [0.4, 0.5) is 0 Å². The van der Waals surface area contributed by atoms with E-state index in [1.165, 1.54) is 32.1 Å². The zero-order valence-corrected chi connectivity index (χ0v) is 11.3. The van der Waals surface area contributed by atoms with Crippen LogP contribution in [0.5, 0.6) is 0 Å². The third-order valence-corrected chi connectivity index (χ3v) is 4.47. The molecule has 1 fully saturated rings. The van der Waals surface area contributed by atoms with Crippen LogP contribution in [0.2, 0.25) is 0 Å². The highest BCUT2D eigenvalue weighted by Gasteiger charge is 2.27. The predicted octanol–water partition coefficient (Wildman–Crippen LogP) is 4.15. The molecule has 0 bridgehead atoms. The molecule has 0 aliphatic heterocycles. The first-order valence-electron chi connectivity index (χ1n) is 5.81. The molecule has 2 unspecified atom stereocenters. The third kappa shape index (κ3) is 3.90. The van der Waals surface area contributed by atoms with E-state index >= 15 is 0 Å². The summed E-state index contributed by atoms with van der Waals surface area (Å²) in [5, 5.41) is 0.924. The molecular formula is C12H23BrO.